The summed E-state index contributed by atoms with van der Waals surface area (Å²) in [5.74, 6) is 0.524. The summed E-state index contributed by atoms with van der Waals surface area (Å²) in [6.07, 6.45) is 3.19. The van der Waals surface area contributed by atoms with Crippen LogP contribution in [0.2, 0.25) is 0 Å². The number of pyridine rings is 1. The monoisotopic (exact) mass is 394 g/mol. The second kappa shape index (κ2) is 9.05. The van der Waals surface area contributed by atoms with E-state index in [1.807, 2.05) is 79.0 Å². The van der Waals surface area contributed by atoms with Crippen LogP contribution in [0.25, 0.3) is 22.3 Å². The van der Waals surface area contributed by atoms with Gasteiger partial charge < -0.3 is 9.64 Å². The maximum absolute atomic E-state index is 12.5. The summed E-state index contributed by atoms with van der Waals surface area (Å²) in [4.78, 5) is 18.3. The molecule has 0 N–H and O–H groups in total. The van der Waals surface area contributed by atoms with Gasteiger partial charge in [0, 0.05) is 26.0 Å². The molecule has 148 valence electrons. The van der Waals surface area contributed by atoms with Crippen molar-refractivity contribution in [2.45, 2.75) is 6.54 Å². The lowest BCUT2D eigenvalue weighted by Crippen LogP contribution is -2.29. The number of carbonyl (C=O) groups excluding carboxylic acids is 1. The molecule has 4 aromatic rings. The topological polar surface area (TPSA) is 42.4 Å². The van der Waals surface area contributed by atoms with Crippen LogP contribution in [0.4, 0.5) is 4.79 Å². The Morgan fingerprint density at radius 1 is 0.800 bits per heavy atom. The van der Waals surface area contributed by atoms with E-state index in [0.717, 1.165) is 27.8 Å². The first kappa shape index (κ1) is 19.4. The van der Waals surface area contributed by atoms with Crippen molar-refractivity contribution in [2.75, 3.05) is 7.05 Å². The van der Waals surface area contributed by atoms with Crippen LogP contribution in [0.1, 0.15) is 5.56 Å². The zero-order valence-corrected chi connectivity index (χ0v) is 16.7. The minimum atomic E-state index is -0.394. The molecule has 0 fully saturated rings. The third kappa shape index (κ3) is 4.73. The molecular formula is C26H22N2O2. The molecule has 0 unspecified atom stereocenters. The van der Waals surface area contributed by atoms with Gasteiger partial charge in [-0.25, -0.2) is 4.79 Å². The van der Waals surface area contributed by atoms with Gasteiger partial charge in [0.1, 0.15) is 5.75 Å². The number of rotatable bonds is 5. The van der Waals surface area contributed by atoms with E-state index >= 15 is 0 Å². The molecule has 0 saturated heterocycles. The summed E-state index contributed by atoms with van der Waals surface area (Å²) in [5.41, 5.74) is 5.34. The third-order valence-corrected chi connectivity index (χ3v) is 4.82. The predicted molar refractivity (Wildman–Crippen MR) is 119 cm³/mol. The number of amides is 1. The van der Waals surface area contributed by atoms with Gasteiger partial charge in [0.2, 0.25) is 0 Å². The molecule has 0 radical (unpaired) electrons. The van der Waals surface area contributed by atoms with Gasteiger partial charge in [-0.15, -0.1) is 0 Å². The Kier molecular flexibility index (Phi) is 5.85. The number of carbonyl (C=O) groups is 1. The van der Waals surface area contributed by atoms with Crippen LogP contribution in [0.5, 0.6) is 5.75 Å². The minimum Gasteiger partial charge on any atom is -0.410 e. The average Bonchev–Trinajstić information content (AvgIpc) is 2.81. The zero-order chi connectivity index (χ0) is 20.8. The van der Waals surface area contributed by atoms with Gasteiger partial charge in [0.15, 0.2) is 0 Å². The van der Waals surface area contributed by atoms with Crippen LogP contribution >= 0.6 is 0 Å². The number of aromatic nitrogens is 1. The van der Waals surface area contributed by atoms with Gasteiger partial charge in [-0.05, 0) is 52.1 Å². The van der Waals surface area contributed by atoms with Crippen molar-refractivity contribution in [1.82, 2.24) is 9.88 Å². The van der Waals surface area contributed by atoms with E-state index in [0.29, 0.717) is 12.3 Å². The molecule has 1 heterocycles. The van der Waals surface area contributed by atoms with Crippen molar-refractivity contribution in [3.8, 4) is 28.0 Å². The molecule has 1 amide bonds. The maximum atomic E-state index is 12.5. The standard InChI is InChI=1S/C26H22N2O2/c1-28(19-20-7-5-10-23(17-20)24-11-6-16-27-18-24)26(29)30-25-14-12-22(13-15-25)21-8-3-2-4-9-21/h2-18H,19H2,1H3. The minimum absolute atomic E-state index is 0.394. The second-order valence-corrected chi connectivity index (χ2v) is 7.06. The van der Waals surface area contributed by atoms with Crippen LogP contribution in [0.3, 0.4) is 0 Å². The van der Waals surface area contributed by atoms with Crippen LogP contribution in [-0.4, -0.2) is 23.0 Å². The second-order valence-electron chi connectivity index (χ2n) is 7.06. The molecule has 1 aromatic heterocycles. The lowest BCUT2D eigenvalue weighted by Gasteiger charge is -2.17. The molecule has 0 spiro atoms. The SMILES string of the molecule is CN(Cc1cccc(-c2cccnc2)c1)C(=O)Oc1ccc(-c2ccccc2)cc1. The maximum Gasteiger partial charge on any atom is 0.415 e. The van der Waals surface area contributed by atoms with Gasteiger partial charge in [-0.1, -0.05) is 66.7 Å². The zero-order valence-electron chi connectivity index (χ0n) is 16.7. The first-order valence-electron chi connectivity index (χ1n) is 9.77. The molecule has 0 aliphatic carbocycles. The third-order valence-electron chi connectivity index (χ3n) is 4.82. The van der Waals surface area contributed by atoms with Crippen molar-refractivity contribution in [3.63, 3.8) is 0 Å². The van der Waals surface area contributed by atoms with Crippen molar-refractivity contribution in [3.05, 3.63) is 109 Å². The number of hydrogen-bond acceptors (Lipinski definition) is 3. The molecule has 0 aliphatic heterocycles. The Labute approximate surface area is 176 Å². The van der Waals surface area contributed by atoms with Gasteiger partial charge >= 0.3 is 6.09 Å². The molecule has 3 aromatic carbocycles. The van der Waals surface area contributed by atoms with E-state index in [9.17, 15) is 4.79 Å². The van der Waals surface area contributed by atoms with Crippen molar-refractivity contribution in [2.24, 2.45) is 0 Å². The summed E-state index contributed by atoms with van der Waals surface area (Å²) >= 11 is 0. The Balaban J connectivity index is 1.40. The van der Waals surface area contributed by atoms with E-state index < -0.39 is 6.09 Å². The highest BCUT2D eigenvalue weighted by Gasteiger charge is 2.12. The molecule has 0 aliphatic rings. The smallest absolute Gasteiger partial charge is 0.410 e. The van der Waals surface area contributed by atoms with Crippen molar-refractivity contribution >= 4 is 6.09 Å². The van der Waals surface area contributed by atoms with E-state index in [2.05, 4.69) is 23.2 Å². The first-order chi connectivity index (χ1) is 14.7. The summed E-state index contributed by atoms with van der Waals surface area (Å²) in [5, 5.41) is 0. The summed E-state index contributed by atoms with van der Waals surface area (Å²) in [7, 11) is 1.73. The van der Waals surface area contributed by atoms with Crippen molar-refractivity contribution in [1.29, 1.82) is 0 Å². The molecule has 4 rings (SSSR count). The van der Waals surface area contributed by atoms with Gasteiger partial charge in [0.25, 0.3) is 0 Å². The Hall–Kier alpha value is -3.92. The van der Waals surface area contributed by atoms with E-state index in [1.54, 1.807) is 18.1 Å². The fourth-order valence-electron chi connectivity index (χ4n) is 3.25. The van der Waals surface area contributed by atoms with Crippen LogP contribution < -0.4 is 4.74 Å². The molecule has 30 heavy (non-hydrogen) atoms. The van der Waals surface area contributed by atoms with E-state index in [1.165, 1.54) is 0 Å². The molecule has 4 heteroatoms. The van der Waals surface area contributed by atoms with Gasteiger partial charge in [-0.3, -0.25) is 4.98 Å². The fourth-order valence-corrected chi connectivity index (χ4v) is 3.25. The number of benzene rings is 3. The summed E-state index contributed by atoms with van der Waals surface area (Å²) < 4.78 is 5.53. The van der Waals surface area contributed by atoms with Gasteiger partial charge in [-0.2, -0.15) is 0 Å². The van der Waals surface area contributed by atoms with Crippen LogP contribution in [-0.2, 0) is 6.54 Å². The summed E-state index contributed by atoms with van der Waals surface area (Å²) in [6, 6.07) is 29.6. The highest BCUT2D eigenvalue weighted by molar-refractivity contribution is 5.71. The Bertz CT molecular complexity index is 1110. The summed E-state index contributed by atoms with van der Waals surface area (Å²) in [6.45, 7) is 0.453. The fraction of sp³-hybridized carbons (Fsp3) is 0.0769. The van der Waals surface area contributed by atoms with E-state index in [4.69, 9.17) is 4.74 Å². The van der Waals surface area contributed by atoms with E-state index in [-0.39, 0.29) is 0 Å². The highest BCUT2D eigenvalue weighted by atomic mass is 16.6. The van der Waals surface area contributed by atoms with Crippen LogP contribution in [0.15, 0.2) is 103 Å². The van der Waals surface area contributed by atoms with Gasteiger partial charge in [0.05, 0.1) is 0 Å². The molecule has 0 saturated carbocycles. The molecule has 0 atom stereocenters. The molecule has 4 nitrogen and oxygen atoms in total. The number of ether oxygens (including phenoxy) is 1. The molecular weight excluding hydrogens is 372 g/mol. The number of nitrogens with zero attached hydrogens (tertiary/aromatic N) is 2. The normalized spacial score (nSPS) is 10.4. The Morgan fingerprint density at radius 3 is 2.23 bits per heavy atom. The first-order valence-corrected chi connectivity index (χ1v) is 9.77. The Morgan fingerprint density at radius 2 is 1.50 bits per heavy atom. The molecule has 0 bridgehead atoms. The van der Waals surface area contributed by atoms with Crippen molar-refractivity contribution < 1.29 is 9.53 Å². The predicted octanol–water partition coefficient (Wildman–Crippen LogP) is 6.05. The number of hydrogen-bond donors (Lipinski definition) is 0. The van der Waals surface area contributed by atoms with Crippen LogP contribution in [0, 0.1) is 0 Å². The average molecular weight is 394 g/mol. The highest BCUT2D eigenvalue weighted by Crippen LogP contribution is 2.23. The quantitative estimate of drug-likeness (QED) is 0.414. The lowest BCUT2D eigenvalue weighted by molar-refractivity contribution is 0.161. The lowest BCUT2D eigenvalue weighted by atomic mass is 10.0. The largest absolute Gasteiger partial charge is 0.415 e.